The van der Waals surface area contributed by atoms with Gasteiger partial charge in [0.05, 0.1) is 13.1 Å². The highest BCUT2D eigenvalue weighted by molar-refractivity contribution is 6.82. The van der Waals surface area contributed by atoms with Crippen molar-refractivity contribution in [3.63, 3.8) is 0 Å². The summed E-state index contributed by atoms with van der Waals surface area (Å²) in [5.41, 5.74) is -0.382. The van der Waals surface area contributed by atoms with Gasteiger partial charge in [0.2, 0.25) is 0 Å². The molecule has 0 saturated carbocycles. The maximum Gasteiger partial charge on any atom is 0.309 e. The van der Waals surface area contributed by atoms with Crippen molar-refractivity contribution >= 4 is 14.0 Å². The molecule has 0 aliphatic carbocycles. The fourth-order valence-corrected chi connectivity index (χ4v) is 3.10. The number of hydrogen-bond acceptors (Lipinski definition) is 2. The minimum absolute atomic E-state index is 0.0309. The van der Waals surface area contributed by atoms with Crippen LogP contribution in [-0.4, -0.2) is 19.6 Å². The quantitative estimate of drug-likeness (QED) is 0.544. The van der Waals surface area contributed by atoms with E-state index in [2.05, 4.69) is 26.6 Å². The molecule has 2 nitrogen and oxygen atoms in total. The monoisotopic (exact) mass is 230 g/mol. The van der Waals surface area contributed by atoms with E-state index in [4.69, 9.17) is 4.74 Å². The number of esters is 1. The molecule has 90 valence electrons. The van der Waals surface area contributed by atoms with Crippen LogP contribution in [-0.2, 0) is 9.53 Å². The zero-order valence-electron chi connectivity index (χ0n) is 11.5. The van der Waals surface area contributed by atoms with E-state index < -0.39 is 8.07 Å². The summed E-state index contributed by atoms with van der Waals surface area (Å²) in [4.78, 5) is 12.2. The van der Waals surface area contributed by atoms with Crippen molar-refractivity contribution in [1.82, 2.24) is 0 Å². The van der Waals surface area contributed by atoms with Gasteiger partial charge in [-0.15, -0.1) is 0 Å². The van der Waals surface area contributed by atoms with Gasteiger partial charge in [0.15, 0.2) is 0 Å². The van der Waals surface area contributed by atoms with Gasteiger partial charge >= 0.3 is 5.97 Å². The van der Waals surface area contributed by atoms with Crippen molar-refractivity contribution in [1.29, 1.82) is 0 Å². The molecule has 0 heterocycles. The number of hydrogen-bond donors (Lipinski definition) is 0. The highest BCUT2D eigenvalue weighted by atomic mass is 28.3. The van der Waals surface area contributed by atoms with E-state index in [1.54, 1.807) is 0 Å². The molecule has 0 aliphatic rings. The van der Waals surface area contributed by atoms with Crippen molar-refractivity contribution in [3.05, 3.63) is 0 Å². The number of ether oxygens (including phenoxy) is 1. The van der Waals surface area contributed by atoms with E-state index in [-0.39, 0.29) is 16.6 Å². The molecule has 0 fully saturated rings. The molecule has 0 spiro atoms. The second-order valence-electron chi connectivity index (χ2n) is 6.44. The molecule has 1 atom stereocenters. The van der Waals surface area contributed by atoms with Crippen LogP contribution >= 0.6 is 0 Å². The Balaban J connectivity index is 4.92. The lowest BCUT2D eigenvalue weighted by Crippen LogP contribution is -2.45. The maximum absolute atomic E-state index is 12.2. The van der Waals surface area contributed by atoms with Crippen LogP contribution in [0.25, 0.3) is 0 Å². The first kappa shape index (κ1) is 14.7. The van der Waals surface area contributed by atoms with Crippen molar-refractivity contribution in [3.8, 4) is 0 Å². The molecule has 0 aromatic rings. The molecule has 0 N–H and O–H groups in total. The molecule has 15 heavy (non-hydrogen) atoms. The van der Waals surface area contributed by atoms with Crippen LogP contribution in [0.3, 0.4) is 0 Å². The van der Waals surface area contributed by atoms with Gasteiger partial charge in [-0.2, -0.15) is 0 Å². The Hall–Kier alpha value is -0.313. The third kappa shape index (κ3) is 3.63. The van der Waals surface area contributed by atoms with Gasteiger partial charge in [0.25, 0.3) is 0 Å². The van der Waals surface area contributed by atoms with E-state index in [9.17, 15) is 4.79 Å². The largest absolute Gasteiger partial charge is 0.460 e. The van der Waals surface area contributed by atoms with Gasteiger partial charge < -0.3 is 4.74 Å². The fraction of sp³-hybridized carbons (Fsp3) is 0.917. The minimum Gasteiger partial charge on any atom is -0.460 e. The first-order valence-corrected chi connectivity index (χ1v) is 9.17. The molecule has 0 aliphatic heterocycles. The second-order valence-corrected chi connectivity index (χ2v) is 12.0. The standard InChI is InChI=1S/C12H26O2Si/c1-9-12(5,15(6,7)8)10(13)14-11(2,3)4/h9H2,1-8H3. The van der Waals surface area contributed by atoms with Crippen LogP contribution in [0.15, 0.2) is 0 Å². The topological polar surface area (TPSA) is 26.3 Å². The Kier molecular flexibility index (Phi) is 4.19. The van der Waals surface area contributed by atoms with E-state index in [0.717, 1.165) is 6.42 Å². The molecule has 0 saturated heterocycles. The summed E-state index contributed by atoms with van der Waals surface area (Å²) >= 11 is 0. The van der Waals surface area contributed by atoms with Crippen molar-refractivity contribution in [2.75, 3.05) is 0 Å². The zero-order chi connectivity index (χ0) is 12.5. The minimum atomic E-state index is -1.55. The number of rotatable bonds is 3. The average molecular weight is 230 g/mol. The molecular formula is C12H26O2Si. The third-order valence-electron chi connectivity index (χ3n) is 3.21. The highest BCUT2D eigenvalue weighted by Crippen LogP contribution is 2.42. The van der Waals surface area contributed by atoms with Crippen LogP contribution in [0, 0.1) is 0 Å². The first-order valence-electron chi connectivity index (χ1n) is 5.67. The summed E-state index contributed by atoms with van der Waals surface area (Å²) in [5, 5.41) is -0.277. The predicted molar refractivity (Wildman–Crippen MR) is 67.8 cm³/mol. The average Bonchev–Trinajstić information content (AvgIpc) is 1.97. The predicted octanol–water partition coefficient (Wildman–Crippen LogP) is 3.84. The summed E-state index contributed by atoms with van der Waals surface area (Å²) in [6.07, 6.45) is 0.859. The summed E-state index contributed by atoms with van der Waals surface area (Å²) in [6, 6.07) is 0. The van der Waals surface area contributed by atoms with Gasteiger partial charge in [-0.1, -0.05) is 33.5 Å². The lowest BCUT2D eigenvalue weighted by Gasteiger charge is -2.39. The molecule has 3 heteroatoms. The Labute approximate surface area is 95.4 Å². The normalized spacial score (nSPS) is 17.1. The van der Waals surface area contributed by atoms with E-state index in [1.165, 1.54) is 0 Å². The molecule has 0 radical (unpaired) electrons. The maximum atomic E-state index is 12.2. The summed E-state index contributed by atoms with van der Waals surface area (Å²) in [7, 11) is -1.55. The van der Waals surface area contributed by atoms with E-state index in [1.807, 2.05) is 27.7 Å². The first-order chi connectivity index (χ1) is 6.44. The Morgan fingerprint density at radius 2 is 1.53 bits per heavy atom. The van der Waals surface area contributed by atoms with Crippen LogP contribution in [0.1, 0.15) is 41.0 Å². The summed E-state index contributed by atoms with van der Waals surface area (Å²) in [6.45, 7) is 16.6. The molecule has 0 aromatic heterocycles. The van der Waals surface area contributed by atoms with Crippen LogP contribution in [0.2, 0.25) is 24.7 Å². The van der Waals surface area contributed by atoms with Gasteiger partial charge in [0.1, 0.15) is 5.60 Å². The Morgan fingerprint density at radius 3 is 1.73 bits per heavy atom. The lowest BCUT2D eigenvalue weighted by molar-refractivity contribution is -0.158. The van der Waals surface area contributed by atoms with Gasteiger partial charge in [-0.3, -0.25) is 4.79 Å². The number of carbonyl (C=O) groups excluding carboxylic acids is 1. The molecule has 0 aromatic carbocycles. The smallest absolute Gasteiger partial charge is 0.309 e. The SMILES string of the molecule is CCC(C)(C(=O)OC(C)(C)C)[Si](C)(C)C. The molecular weight excluding hydrogens is 204 g/mol. The van der Waals surface area contributed by atoms with Crippen molar-refractivity contribution < 1.29 is 9.53 Å². The lowest BCUT2D eigenvalue weighted by atomic mass is 10.1. The summed E-state index contributed by atoms with van der Waals surface area (Å²) in [5.74, 6) is -0.0309. The van der Waals surface area contributed by atoms with Crippen LogP contribution in [0.4, 0.5) is 0 Å². The molecule has 1 unspecified atom stereocenters. The zero-order valence-corrected chi connectivity index (χ0v) is 12.5. The Morgan fingerprint density at radius 1 is 1.13 bits per heavy atom. The van der Waals surface area contributed by atoms with E-state index >= 15 is 0 Å². The van der Waals surface area contributed by atoms with Crippen LogP contribution < -0.4 is 0 Å². The molecule has 0 bridgehead atoms. The van der Waals surface area contributed by atoms with Crippen molar-refractivity contribution in [2.45, 2.75) is 71.3 Å². The second kappa shape index (κ2) is 4.28. The number of carbonyl (C=O) groups is 1. The highest BCUT2D eigenvalue weighted by Gasteiger charge is 2.46. The van der Waals surface area contributed by atoms with Crippen molar-refractivity contribution in [2.24, 2.45) is 0 Å². The van der Waals surface area contributed by atoms with Gasteiger partial charge in [0, 0.05) is 0 Å². The molecule has 0 amide bonds. The van der Waals surface area contributed by atoms with E-state index in [0.29, 0.717) is 0 Å². The van der Waals surface area contributed by atoms with Gasteiger partial charge in [-0.05, 0) is 27.2 Å². The molecule has 0 rings (SSSR count). The third-order valence-corrected chi connectivity index (χ3v) is 7.08. The Bertz CT molecular complexity index is 235. The fourth-order valence-electron chi connectivity index (χ4n) is 1.37. The van der Waals surface area contributed by atoms with Gasteiger partial charge in [-0.25, -0.2) is 0 Å². The van der Waals surface area contributed by atoms with Crippen LogP contribution in [0.5, 0.6) is 0 Å². The summed E-state index contributed by atoms with van der Waals surface area (Å²) < 4.78 is 5.52.